The molecule has 1 rings (SSSR count). The molecule has 0 amide bonds. The van der Waals surface area contributed by atoms with Gasteiger partial charge >= 0.3 is 11.9 Å². The Labute approximate surface area is 141 Å². The number of carbonyl (C=O) groups excluding carboxylic acids is 2. The zero-order valence-corrected chi connectivity index (χ0v) is 15.1. The third-order valence-electron chi connectivity index (χ3n) is 4.43. The van der Waals surface area contributed by atoms with Crippen LogP contribution >= 0.6 is 0 Å². The van der Waals surface area contributed by atoms with Crippen molar-refractivity contribution in [3.05, 3.63) is 0 Å². The van der Waals surface area contributed by atoms with E-state index in [2.05, 4.69) is 6.92 Å². The first-order valence-corrected chi connectivity index (χ1v) is 9.41. The highest BCUT2D eigenvalue weighted by Gasteiger charge is 2.33. The fraction of sp³-hybridized carbons (Fsp3) is 0.895. The lowest BCUT2D eigenvalue weighted by Crippen LogP contribution is -2.30. The zero-order chi connectivity index (χ0) is 17.1. The van der Waals surface area contributed by atoms with Gasteiger partial charge in [-0.3, -0.25) is 9.59 Å². The van der Waals surface area contributed by atoms with Crippen LogP contribution in [0.5, 0.6) is 0 Å². The van der Waals surface area contributed by atoms with Crippen molar-refractivity contribution >= 4 is 11.9 Å². The quantitative estimate of drug-likeness (QED) is 0.433. The smallest absolute Gasteiger partial charge is 0.309 e. The Morgan fingerprint density at radius 1 is 0.957 bits per heavy atom. The second-order valence-corrected chi connectivity index (χ2v) is 6.98. The van der Waals surface area contributed by atoms with Crippen LogP contribution in [-0.4, -0.2) is 24.6 Å². The molecule has 134 valence electrons. The third kappa shape index (κ3) is 8.38. The summed E-state index contributed by atoms with van der Waals surface area (Å²) in [6.07, 6.45) is 10.1. The molecule has 0 saturated heterocycles. The maximum atomic E-state index is 12.1. The van der Waals surface area contributed by atoms with Crippen LogP contribution in [0.15, 0.2) is 0 Å². The van der Waals surface area contributed by atoms with Crippen LogP contribution in [0.1, 0.15) is 85.0 Å². The average molecular weight is 326 g/mol. The van der Waals surface area contributed by atoms with Crippen LogP contribution < -0.4 is 0 Å². The van der Waals surface area contributed by atoms with E-state index in [1.54, 1.807) is 0 Å². The minimum atomic E-state index is -0.159. The first kappa shape index (κ1) is 20.0. The first-order chi connectivity index (χ1) is 11.0. The van der Waals surface area contributed by atoms with Crippen molar-refractivity contribution in [2.45, 2.75) is 91.1 Å². The van der Waals surface area contributed by atoms with Gasteiger partial charge in [0, 0.05) is 0 Å². The highest BCUT2D eigenvalue weighted by Crippen LogP contribution is 2.31. The van der Waals surface area contributed by atoms with Crippen LogP contribution in [0.4, 0.5) is 0 Å². The van der Waals surface area contributed by atoms with Gasteiger partial charge in [0.05, 0.1) is 24.5 Å². The third-order valence-corrected chi connectivity index (χ3v) is 4.43. The number of rotatable bonds is 10. The number of unbranched alkanes of at least 4 members (excludes halogenated alkanes) is 5. The Balaban J connectivity index is 2.21. The molecule has 0 aromatic heterocycles. The van der Waals surface area contributed by atoms with Gasteiger partial charge in [-0.1, -0.05) is 45.4 Å². The van der Waals surface area contributed by atoms with Crippen LogP contribution in [0.25, 0.3) is 0 Å². The summed E-state index contributed by atoms with van der Waals surface area (Å²) >= 11 is 0. The van der Waals surface area contributed by atoms with Crippen molar-refractivity contribution in [3.63, 3.8) is 0 Å². The van der Waals surface area contributed by atoms with E-state index in [1.807, 2.05) is 13.8 Å². The molecule has 2 atom stereocenters. The van der Waals surface area contributed by atoms with Gasteiger partial charge in [0.25, 0.3) is 0 Å². The highest BCUT2D eigenvalue weighted by atomic mass is 16.5. The molecular weight excluding hydrogens is 292 g/mol. The van der Waals surface area contributed by atoms with Crippen LogP contribution in [0.2, 0.25) is 0 Å². The molecule has 0 heterocycles. The van der Waals surface area contributed by atoms with E-state index in [4.69, 9.17) is 9.47 Å². The SMILES string of the molecule is CCCCCCCCOC(=O)C1CCCC(C(=O)OC(C)C)C1. The largest absolute Gasteiger partial charge is 0.465 e. The molecule has 0 aromatic carbocycles. The normalized spacial score (nSPS) is 21.2. The molecule has 0 radical (unpaired) electrons. The topological polar surface area (TPSA) is 52.6 Å². The lowest BCUT2D eigenvalue weighted by atomic mass is 9.81. The molecule has 1 aliphatic carbocycles. The summed E-state index contributed by atoms with van der Waals surface area (Å²) in [5.41, 5.74) is 0. The molecule has 2 unspecified atom stereocenters. The second-order valence-electron chi connectivity index (χ2n) is 6.98. The highest BCUT2D eigenvalue weighted by molar-refractivity contribution is 5.76. The molecule has 0 bridgehead atoms. The maximum Gasteiger partial charge on any atom is 0.309 e. The second kappa shape index (κ2) is 11.5. The molecule has 1 aliphatic rings. The Morgan fingerprint density at radius 2 is 1.57 bits per heavy atom. The van der Waals surface area contributed by atoms with E-state index in [1.165, 1.54) is 25.7 Å². The van der Waals surface area contributed by atoms with Gasteiger partial charge < -0.3 is 9.47 Å². The number of hydrogen-bond donors (Lipinski definition) is 0. The van der Waals surface area contributed by atoms with Crippen molar-refractivity contribution in [1.29, 1.82) is 0 Å². The number of hydrogen-bond acceptors (Lipinski definition) is 4. The Hall–Kier alpha value is -1.06. The molecule has 0 spiro atoms. The molecule has 1 fully saturated rings. The van der Waals surface area contributed by atoms with E-state index in [-0.39, 0.29) is 29.9 Å². The zero-order valence-electron chi connectivity index (χ0n) is 15.1. The van der Waals surface area contributed by atoms with Crippen LogP contribution in [-0.2, 0) is 19.1 Å². The molecule has 23 heavy (non-hydrogen) atoms. The molecule has 0 aromatic rings. The predicted octanol–water partition coefficient (Wildman–Crippen LogP) is 4.65. The molecular formula is C19H34O4. The Morgan fingerprint density at radius 3 is 2.22 bits per heavy atom. The average Bonchev–Trinajstić information content (AvgIpc) is 2.53. The minimum Gasteiger partial charge on any atom is -0.465 e. The van der Waals surface area contributed by atoms with E-state index in [9.17, 15) is 9.59 Å². The fourth-order valence-corrected chi connectivity index (χ4v) is 3.12. The summed E-state index contributed by atoms with van der Waals surface area (Å²) < 4.78 is 10.7. The standard InChI is InChI=1S/C19H34O4/c1-4-5-6-7-8-9-13-22-18(20)16-11-10-12-17(14-16)19(21)23-15(2)3/h15-17H,4-14H2,1-3H3. The monoisotopic (exact) mass is 326 g/mol. The van der Waals surface area contributed by atoms with E-state index in [0.29, 0.717) is 13.0 Å². The van der Waals surface area contributed by atoms with Gasteiger partial charge in [0.15, 0.2) is 0 Å². The number of esters is 2. The fourth-order valence-electron chi connectivity index (χ4n) is 3.12. The lowest BCUT2D eigenvalue weighted by Gasteiger charge is -2.27. The summed E-state index contributed by atoms with van der Waals surface area (Å²) in [4.78, 5) is 24.1. The summed E-state index contributed by atoms with van der Waals surface area (Å²) in [7, 11) is 0. The van der Waals surface area contributed by atoms with E-state index < -0.39 is 0 Å². The number of carbonyl (C=O) groups is 2. The van der Waals surface area contributed by atoms with Crippen LogP contribution in [0, 0.1) is 11.8 Å². The van der Waals surface area contributed by atoms with Crippen molar-refractivity contribution in [1.82, 2.24) is 0 Å². The van der Waals surface area contributed by atoms with Crippen molar-refractivity contribution in [2.24, 2.45) is 11.8 Å². The van der Waals surface area contributed by atoms with Crippen LogP contribution in [0.3, 0.4) is 0 Å². The summed E-state index contributed by atoms with van der Waals surface area (Å²) in [5.74, 6) is -0.555. The van der Waals surface area contributed by atoms with Gasteiger partial charge in [0.2, 0.25) is 0 Å². The lowest BCUT2D eigenvalue weighted by molar-refractivity contribution is -0.157. The number of ether oxygens (including phenoxy) is 2. The molecule has 1 saturated carbocycles. The first-order valence-electron chi connectivity index (χ1n) is 9.41. The Bertz CT molecular complexity index is 351. The molecule has 4 nitrogen and oxygen atoms in total. The predicted molar refractivity (Wildman–Crippen MR) is 91.0 cm³/mol. The minimum absolute atomic E-state index is 0.0949. The molecule has 4 heteroatoms. The summed E-state index contributed by atoms with van der Waals surface area (Å²) in [6, 6.07) is 0. The van der Waals surface area contributed by atoms with Crippen molar-refractivity contribution in [3.8, 4) is 0 Å². The molecule has 0 N–H and O–H groups in total. The summed E-state index contributed by atoms with van der Waals surface area (Å²) in [6.45, 7) is 6.43. The van der Waals surface area contributed by atoms with Gasteiger partial charge in [-0.15, -0.1) is 0 Å². The van der Waals surface area contributed by atoms with Gasteiger partial charge in [0.1, 0.15) is 0 Å². The van der Waals surface area contributed by atoms with Crippen molar-refractivity contribution < 1.29 is 19.1 Å². The van der Waals surface area contributed by atoms with Gasteiger partial charge in [-0.05, 0) is 39.5 Å². The Kier molecular flexibility index (Phi) is 9.97. The van der Waals surface area contributed by atoms with Gasteiger partial charge in [-0.2, -0.15) is 0 Å². The summed E-state index contributed by atoms with van der Waals surface area (Å²) in [5, 5.41) is 0. The van der Waals surface area contributed by atoms with Crippen molar-refractivity contribution in [2.75, 3.05) is 6.61 Å². The van der Waals surface area contributed by atoms with E-state index >= 15 is 0 Å². The van der Waals surface area contributed by atoms with E-state index in [0.717, 1.165) is 32.1 Å². The van der Waals surface area contributed by atoms with Gasteiger partial charge in [-0.25, -0.2) is 0 Å². The molecule has 0 aliphatic heterocycles. The maximum absolute atomic E-state index is 12.1.